The molecule has 0 bridgehead atoms. The molecule has 1 atom stereocenters. The van der Waals surface area contributed by atoms with Crippen molar-refractivity contribution >= 4 is 35.0 Å². The van der Waals surface area contributed by atoms with Crippen molar-refractivity contribution in [1.82, 2.24) is 4.90 Å². The van der Waals surface area contributed by atoms with Crippen LogP contribution < -0.4 is 0 Å². The number of nitrogens with zero attached hydrogens (tertiary/aromatic N) is 1. The first-order valence-corrected chi connectivity index (χ1v) is 7.60. The average molecular weight is 308 g/mol. The molecule has 1 rings (SSSR count). The predicted octanol–water partition coefficient (Wildman–Crippen LogP) is 3.54. The number of hydrogen-bond donors (Lipinski definition) is 1. The molecule has 0 fully saturated rings. The molecule has 102 valence electrons. The number of hydrogen-bond acceptors (Lipinski definition) is 3. The molecule has 18 heavy (non-hydrogen) atoms. The molecule has 1 aromatic rings. The van der Waals surface area contributed by atoms with Gasteiger partial charge in [-0.25, -0.2) is 0 Å². The van der Waals surface area contributed by atoms with Gasteiger partial charge in [0.05, 0.1) is 5.60 Å². The van der Waals surface area contributed by atoms with Gasteiger partial charge in [-0.15, -0.1) is 0 Å². The highest BCUT2D eigenvalue weighted by Crippen LogP contribution is 2.26. The van der Waals surface area contributed by atoms with Gasteiger partial charge >= 0.3 is 0 Å². The van der Waals surface area contributed by atoms with Gasteiger partial charge in [0, 0.05) is 28.1 Å². The second-order valence-electron chi connectivity index (χ2n) is 4.96. The van der Waals surface area contributed by atoms with Gasteiger partial charge in [-0.1, -0.05) is 29.3 Å². The van der Waals surface area contributed by atoms with Crippen molar-refractivity contribution in [3.05, 3.63) is 33.8 Å². The average Bonchev–Trinajstić information content (AvgIpc) is 2.19. The summed E-state index contributed by atoms with van der Waals surface area (Å²) in [6, 6.07) is 5.51. The second kappa shape index (κ2) is 7.01. The van der Waals surface area contributed by atoms with E-state index >= 15 is 0 Å². The summed E-state index contributed by atoms with van der Waals surface area (Å²) in [5, 5.41) is 11.5. The zero-order valence-electron chi connectivity index (χ0n) is 10.9. The molecule has 0 heterocycles. The van der Waals surface area contributed by atoms with Crippen LogP contribution in [0, 0.1) is 0 Å². The van der Waals surface area contributed by atoms with Crippen LogP contribution in [0.4, 0.5) is 0 Å². The fourth-order valence-electron chi connectivity index (χ4n) is 1.75. The van der Waals surface area contributed by atoms with Gasteiger partial charge in [-0.3, -0.25) is 0 Å². The van der Waals surface area contributed by atoms with Crippen LogP contribution in [0.15, 0.2) is 18.2 Å². The number of aliphatic hydroxyl groups is 1. The van der Waals surface area contributed by atoms with Crippen LogP contribution in [0.5, 0.6) is 0 Å². The zero-order valence-corrected chi connectivity index (χ0v) is 13.2. The molecule has 0 aliphatic carbocycles. The fraction of sp³-hybridized carbons (Fsp3) is 0.538. The minimum absolute atomic E-state index is 0.647. The third-order valence-electron chi connectivity index (χ3n) is 2.34. The first kappa shape index (κ1) is 16.1. The van der Waals surface area contributed by atoms with Gasteiger partial charge < -0.3 is 10.0 Å². The van der Waals surface area contributed by atoms with Crippen molar-refractivity contribution < 1.29 is 5.11 Å². The Bertz CT molecular complexity index is 397. The van der Waals surface area contributed by atoms with Crippen LogP contribution in [0.2, 0.25) is 10.0 Å². The van der Waals surface area contributed by atoms with Crippen LogP contribution in [0.3, 0.4) is 0 Å². The number of rotatable bonds is 6. The monoisotopic (exact) mass is 307 g/mol. The van der Waals surface area contributed by atoms with Crippen molar-refractivity contribution in [1.29, 1.82) is 0 Å². The maximum atomic E-state index is 10.2. The van der Waals surface area contributed by atoms with Gasteiger partial charge in [-0.05, 0) is 38.7 Å². The number of likely N-dealkylation sites (N-methyl/N-ethyl adjacent to an activating group) is 1. The van der Waals surface area contributed by atoms with Gasteiger partial charge in [-0.2, -0.15) is 11.8 Å². The summed E-state index contributed by atoms with van der Waals surface area (Å²) in [6.07, 6.45) is 0. The molecule has 0 saturated heterocycles. The standard InChI is InChI=1S/C13H19Cl2NOS/c1-13(17,8-16(2)3)9-18-7-10-4-5-11(14)6-12(10)15/h4-6,17H,7-9H2,1-3H3. The molecule has 0 aliphatic rings. The molecule has 0 amide bonds. The van der Waals surface area contributed by atoms with E-state index in [9.17, 15) is 5.11 Å². The van der Waals surface area contributed by atoms with Crippen LogP contribution in [0.25, 0.3) is 0 Å². The Balaban J connectivity index is 2.46. The first-order chi connectivity index (χ1) is 8.30. The fourth-order valence-corrected chi connectivity index (χ4v) is 3.41. The van der Waals surface area contributed by atoms with Crippen molar-refractivity contribution in [3.8, 4) is 0 Å². The topological polar surface area (TPSA) is 23.5 Å². The van der Waals surface area contributed by atoms with Crippen LogP contribution in [-0.2, 0) is 5.75 Å². The first-order valence-electron chi connectivity index (χ1n) is 5.69. The molecule has 5 heteroatoms. The third kappa shape index (κ3) is 5.81. The van der Waals surface area contributed by atoms with Crippen molar-refractivity contribution in [3.63, 3.8) is 0 Å². The molecule has 0 spiro atoms. The van der Waals surface area contributed by atoms with E-state index in [2.05, 4.69) is 0 Å². The summed E-state index contributed by atoms with van der Waals surface area (Å²) in [4.78, 5) is 1.98. The maximum absolute atomic E-state index is 10.2. The summed E-state index contributed by atoms with van der Waals surface area (Å²) in [5.74, 6) is 1.45. The lowest BCUT2D eigenvalue weighted by Gasteiger charge is -2.26. The molecule has 0 aliphatic heterocycles. The highest BCUT2D eigenvalue weighted by molar-refractivity contribution is 7.98. The Morgan fingerprint density at radius 2 is 2.00 bits per heavy atom. The third-order valence-corrected chi connectivity index (χ3v) is 4.27. The highest BCUT2D eigenvalue weighted by Gasteiger charge is 2.21. The van der Waals surface area contributed by atoms with E-state index in [1.54, 1.807) is 17.8 Å². The van der Waals surface area contributed by atoms with E-state index in [4.69, 9.17) is 23.2 Å². The number of benzene rings is 1. The molecule has 1 unspecified atom stereocenters. The quantitative estimate of drug-likeness (QED) is 0.869. The Kier molecular flexibility index (Phi) is 6.28. The summed E-state index contributed by atoms with van der Waals surface area (Å²) >= 11 is 13.6. The molecular weight excluding hydrogens is 289 g/mol. The SMILES string of the molecule is CN(C)CC(C)(O)CSCc1ccc(Cl)cc1Cl. The van der Waals surface area contributed by atoms with Gasteiger partial charge in [0.25, 0.3) is 0 Å². The van der Waals surface area contributed by atoms with E-state index in [1.165, 1.54) is 0 Å². The second-order valence-corrected chi connectivity index (χ2v) is 6.79. The summed E-state index contributed by atoms with van der Waals surface area (Å²) in [7, 11) is 3.91. The zero-order chi connectivity index (χ0) is 13.8. The van der Waals surface area contributed by atoms with E-state index in [0.29, 0.717) is 22.3 Å². The van der Waals surface area contributed by atoms with Gasteiger partial charge in [0.15, 0.2) is 0 Å². The van der Waals surface area contributed by atoms with E-state index in [0.717, 1.165) is 11.3 Å². The Morgan fingerprint density at radius 3 is 2.56 bits per heavy atom. The molecule has 1 N–H and O–H groups in total. The smallest absolute Gasteiger partial charge is 0.0835 e. The highest BCUT2D eigenvalue weighted by atomic mass is 35.5. The molecule has 1 aromatic carbocycles. The van der Waals surface area contributed by atoms with E-state index in [-0.39, 0.29) is 0 Å². The maximum Gasteiger partial charge on any atom is 0.0835 e. The Labute approximate surface area is 123 Å². The predicted molar refractivity (Wildman–Crippen MR) is 81.8 cm³/mol. The summed E-state index contributed by atoms with van der Waals surface area (Å²) in [5.41, 5.74) is 0.360. The molecule has 2 nitrogen and oxygen atoms in total. The van der Waals surface area contributed by atoms with E-state index in [1.807, 2.05) is 38.1 Å². The largest absolute Gasteiger partial charge is 0.388 e. The molecule has 0 saturated carbocycles. The van der Waals surface area contributed by atoms with Crippen molar-refractivity contribution in [2.45, 2.75) is 18.3 Å². The summed E-state index contributed by atoms with van der Waals surface area (Å²) < 4.78 is 0. The minimum atomic E-state index is -0.687. The number of thioether (sulfide) groups is 1. The normalized spacial score (nSPS) is 14.8. The Morgan fingerprint density at radius 1 is 1.33 bits per heavy atom. The van der Waals surface area contributed by atoms with Crippen molar-refractivity contribution in [2.75, 3.05) is 26.4 Å². The summed E-state index contributed by atoms with van der Waals surface area (Å²) in [6.45, 7) is 2.50. The molecular formula is C13H19Cl2NOS. The van der Waals surface area contributed by atoms with Crippen molar-refractivity contribution in [2.24, 2.45) is 0 Å². The minimum Gasteiger partial charge on any atom is -0.388 e. The van der Waals surface area contributed by atoms with Gasteiger partial charge in [0.1, 0.15) is 0 Å². The van der Waals surface area contributed by atoms with Crippen LogP contribution in [0.1, 0.15) is 12.5 Å². The Hall–Kier alpha value is 0.0700. The molecule has 0 radical (unpaired) electrons. The lowest BCUT2D eigenvalue weighted by Crippen LogP contribution is -2.39. The lowest BCUT2D eigenvalue weighted by molar-refractivity contribution is 0.0565. The van der Waals surface area contributed by atoms with Crippen LogP contribution >= 0.6 is 35.0 Å². The van der Waals surface area contributed by atoms with E-state index < -0.39 is 5.60 Å². The lowest BCUT2D eigenvalue weighted by atomic mass is 10.1. The molecule has 0 aromatic heterocycles. The van der Waals surface area contributed by atoms with Crippen LogP contribution in [-0.4, -0.2) is 42.0 Å². The number of halogens is 2. The van der Waals surface area contributed by atoms with Gasteiger partial charge in [0.2, 0.25) is 0 Å².